The molecule has 3 aromatic carbocycles. The summed E-state index contributed by atoms with van der Waals surface area (Å²) >= 11 is 6.10. The van der Waals surface area contributed by atoms with Crippen LogP contribution in [0.25, 0.3) is 0 Å². The van der Waals surface area contributed by atoms with Crippen molar-refractivity contribution in [2.75, 3.05) is 10.6 Å². The third kappa shape index (κ3) is 4.71. The zero-order valence-corrected chi connectivity index (χ0v) is 19.2. The van der Waals surface area contributed by atoms with Crippen molar-refractivity contribution in [2.45, 2.75) is 0 Å². The molecule has 0 radical (unpaired) electrons. The van der Waals surface area contributed by atoms with Gasteiger partial charge in [0.25, 0.3) is 11.8 Å². The zero-order chi connectivity index (χ0) is 23.4. The molecule has 0 saturated heterocycles. The second-order valence-corrected chi connectivity index (χ2v) is 7.96. The molecule has 3 aromatic rings. The van der Waals surface area contributed by atoms with E-state index in [-0.39, 0.29) is 4.47 Å². The Bertz CT molecular complexity index is 1140. The number of para-hydroxylation sites is 2. The van der Waals surface area contributed by atoms with Gasteiger partial charge in [-0.2, -0.15) is 0 Å². The molecule has 0 aliphatic heterocycles. The Morgan fingerprint density at radius 3 is 1.19 bits per heavy atom. The van der Waals surface area contributed by atoms with Gasteiger partial charge in [-0.05, 0) is 56.1 Å². The number of aromatic carboxylic acids is 2. The number of carboxylic acids is 2. The van der Waals surface area contributed by atoms with Gasteiger partial charge >= 0.3 is 11.9 Å². The van der Waals surface area contributed by atoms with Crippen molar-refractivity contribution in [1.82, 2.24) is 0 Å². The molecule has 0 atom stereocenters. The first-order valence-electron chi connectivity index (χ1n) is 8.96. The number of rotatable bonds is 6. The first kappa shape index (κ1) is 23.2. The minimum atomic E-state index is -1.55. The monoisotopic (exact) mass is 560 g/mol. The molecule has 0 aromatic heterocycles. The highest BCUT2D eigenvalue weighted by Crippen LogP contribution is 2.37. The highest BCUT2D eigenvalue weighted by molar-refractivity contribution is 9.11. The molecule has 32 heavy (non-hydrogen) atoms. The van der Waals surface area contributed by atoms with Gasteiger partial charge in [-0.1, -0.05) is 36.4 Å². The largest absolute Gasteiger partial charge is 0.478 e. The lowest BCUT2D eigenvalue weighted by Crippen LogP contribution is -2.24. The average molecular weight is 562 g/mol. The predicted octanol–water partition coefficient (Wildman–Crippen LogP) is 5.11. The SMILES string of the molecule is O=C(O)c1c(Br)c(C(=O)O)c(C(=O)Nc2ccccc2)c(Br)c1C(=O)Nc1ccccc1. The number of anilines is 2. The Morgan fingerprint density at radius 2 is 0.875 bits per heavy atom. The van der Waals surface area contributed by atoms with Crippen molar-refractivity contribution >= 4 is 67.0 Å². The van der Waals surface area contributed by atoms with Crippen LogP contribution in [0.15, 0.2) is 69.6 Å². The number of carbonyl (C=O) groups is 4. The summed E-state index contributed by atoms with van der Waals surface area (Å²) in [7, 11) is 0. The van der Waals surface area contributed by atoms with E-state index in [9.17, 15) is 29.4 Å². The molecule has 0 fully saturated rings. The fourth-order valence-electron chi connectivity index (χ4n) is 2.95. The highest BCUT2D eigenvalue weighted by atomic mass is 79.9. The minimum absolute atomic E-state index is 0.266. The Morgan fingerprint density at radius 1 is 0.562 bits per heavy atom. The standard InChI is InChI=1S/C22H14Br2N2O6/c23-17-13(19(27)25-11-7-3-1-4-8-11)15(21(29)30)18(24)16(22(31)32)14(17)20(28)26-12-9-5-2-6-10-12/h1-10H,(H,25,27)(H,26,28)(H,29,30)(H,31,32). The molecule has 0 heterocycles. The molecule has 0 saturated carbocycles. The number of hydrogen-bond acceptors (Lipinski definition) is 4. The normalized spacial score (nSPS) is 10.3. The summed E-state index contributed by atoms with van der Waals surface area (Å²) in [4.78, 5) is 50.0. The Balaban J connectivity index is 2.22. The van der Waals surface area contributed by atoms with Gasteiger partial charge in [0.2, 0.25) is 0 Å². The van der Waals surface area contributed by atoms with Gasteiger partial charge in [0, 0.05) is 20.3 Å². The first-order chi connectivity index (χ1) is 15.2. The van der Waals surface area contributed by atoms with Gasteiger partial charge in [0.15, 0.2) is 0 Å². The van der Waals surface area contributed by atoms with Crippen LogP contribution < -0.4 is 10.6 Å². The topological polar surface area (TPSA) is 133 Å². The summed E-state index contributed by atoms with van der Waals surface area (Å²) < 4.78 is -0.672. The summed E-state index contributed by atoms with van der Waals surface area (Å²) in [6, 6.07) is 16.5. The van der Waals surface area contributed by atoms with E-state index in [0.717, 1.165) is 0 Å². The number of carboxylic acid groups (broad SMARTS) is 2. The lowest BCUT2D eigenvalue weighted by molar-refractivity contribution is 0.0687. The van der Waals surface area contributed by atoms with E-state index in [0.29, 0.717) is 11.4 Å². The van der Waals surface area contributed by atoms with E-state index < -0.39 is 50.5 Å². The second-order valence-electron chi connectivity index (χ2n) is 6.38. The lowest BCUT2D eigenvalue weighted by atomic mass is 9.96. The molecular formula is C22H14Br2N2O6. The van der Waals surface area contributed by atoms with Gasteiger partial charge < -0.3 is 20.8 Å². The number of carbonyl (C=O) groups excluding carboxylic acids is 2. The maximum atomic E-state index is 13.0. The van der Waals surface area contributed by atoms with Crippen LogP contribution in [-0.2, 0) is 0 Å². The van der Waals surface area contributed by atoms with E-state index in [2.05, 4.69) is 42.5 Å². The van der Waals surface area contributed by atoms with Crippen LogP contribution in [0.5, 0.6) is 0 Å². The molecule has 0 spiro atoms. The van der Waals surface area contributed by atoms with Crippen LogP contribution in [0.4, 0.5) is 11.4 Å². The third-order valence-corrected chi connectivity index (χ3v) is 5.91. The maximum Gasteiger partial charge on any atom is 0.337 e. The third-order valence-electron chi connectivity index (χ3n) is 4.32. The van der Waals surface area contributed by atoms with Crippen molar-refractivity contribution in [2.24, 2.45) is 0 Å². The molecule has 0 aliphatic rings. The lowest BCUT2D eigenvalue weighted by Gasteiger charge is -2.18. The van der Waals surface area contributed by atoms with Gasteiger partial charge in [0.05, 0.1) is 22.3 Å². The molecular weight excluding hydrogens is 548 g/mol. The van der Waals surface area contributed by atoms with Crippen LogP contribution in [0.3, 0.4) is 0 Å². The molecule has 0 unspecified atom stereocenters. The average Bonchev–Trinajstić information content (AvgIpc) is 2.75. The van der Waals surface area contributed by atoms with Gasteiger partial charge in [-0.3, -0.25) is 9.59 Å². The number of nitrogens with one attached hydrogen (secondary N) is 2. The van der Waals surface area contributed by atoms with Crippen LogP contribution in [0, 0.1) is 0 Å². The van der Waals surface area contributed by atoms with Crippen LogP contribution in [0.2, 0.25) is 0 Å². The number of benzene rings is 3. The summed E-state index contributed by atoms with van der Waals surface area (Å²) in [5.41, 5.74) is -1.24. The predicted molar refractivity (Wildman–Crippen MR) is 125 cm³/mol. The van der Waals surface area contributed by atoms with E-state index in [1.165, 1.54) is 0 Å². The van der Waals surface area contributed by atoms with E-state index >= 15 is 0 Å². The number of hydrogen-bond donors (Lipinski definition) is 4. The van der Waals surface area contributed by atoms with Gasteiger partial charge in [0.1, 0.15) is 0 Å². The van der Waals surface area contributed by atoms with Crippen molar-refractivity contribution < 1.29 is 29.4 Å². The van der Waals surface area contributed by atoms with Crippen molar-refractivity contribution in [3.63, 3.8) is 0 Å². The summed E-state index contributed by atoms with van der Waals surface area (Å²) in [6.07, 6.45) is 0. The van der Waals surface area contributed by atoms with Crippen LogP contribution in [-0.4, -0.2) is 34.0 Å². The van der Waals surface area contributed by atoms with E-state index in [1.54, 1.807) is 60.7 Å². The fraction of sp³-hybridized carbons (Fsp3) is 0. The molecule has 4 N–H and O–H groups in total. The summed E-state index contributed by atoms with van der Waals surface area (Å²) in [5, 5.41) is 24.6. The van der Waals surface area contributed by atoms with Gasteiger partial charge in [-0.25, -0.2) is 9.59 Å². The van der Waals surface area contributed by atoms with Crippen molar-refractivity contribution in [3.05, 3.63) is 91.9 Å². The molecule has 2 amide bonds. The van der Waals surface area contributed by atoms with E-state index in [1.807, 2.05) is 0 Å². The molecule has 0 bridgehead atoms. The molecule has 10 heteroatoms. The Kier molecular flexibility index (Phi) is 7.06. The Labute approximate surface area is 198 Å². The Hall–Kier alpha value is -3.50. The van der Waals surface area contributed by atoms with Gasteiger partial charge in [-0.15, -0.1) is 0 Å². The second kappa shape index (κ2) is 9.75. The fourth-order valence-corrected chi connectivity index (χ4v) is 4.44. The van der Waals surface area contributed by atoms with E-state index in [4.69, 9.17) is 0 Å². The van der Waals surface area contributed by atoms with Crippen LogP contribution >= 0.6 is 31.9 Å². The molecule has 162 valence electrons. The zero-order valence-electron chi connectivity index (χ0n) is 16.1. The highest BCUT2D eigenvalue weighted by Gasteiger charge is 2.34. The maximum absolute atomic E-state index is 13.0. The minimum Gasteiger partial charge on any atom is -0.478 e. The molecule has 8 nitrogen and oxygen atoms in total. The first-order valence-corrected chi connectivity index (χ1v) is 10.5. The number of halogens is 2. The summed E-state index contributed by atoms with van der Waals surface area (Å²) in [6.45, 7) is 0. The summed E-state index contributed by atoms with van der Waals surface area (Å²) in [5.74, 6) is -4.78. The quantitative estimate of drug-likeness (QED) is 0.330. The molecule has 3 rings (SSSR count). The van der Waals surface area contributed by atoms with Crippen LogP contribution in [0.1, 0.15) is 41.4 Å². The smallest absolute Gasteiger partial charge is 0.337 e. The number of amides is 2. The van der Waals surface area contributed by atoms with Crippen molar-refractivity contribution in [1.29, 1.82) is 0 Å². The molecule has 0 aliphatic carbocycles. The van der Waals surface area contributed by atoms with Crippen molar-refractivity contribution in [3.8, 4) is 0 Å².